The minimum absolute atomic E-state index is 0.0767. The van der Waals surface area contributed by atoms with Gasteiger partial charge in [0.15, 0.2) is 0 Å². The van der Waals surface area contributed by atoms with E-state index in [0.717, 1.165) is 6.42 Å². The molecule has 1 aromatic rings. The molecule has 1 heterocycles. The molecule has 1 unspecified atom stereocenters. The second kappa shape index (κ2) is 10.3. The lowest BCUT2D eigenvalue weighted by Gasteiger charge is -2.34. The number of halogens is 1. The van der Waals surface area contributed by atoms with E-state index in [1.165, 1.54) is 0 Å². The van der Waals surface area contributed by atoms with Crippen LogP contribution in [0.1, 0.15) is 13.3 Å². The predicted octanol–water partition coefficient (Wildman–Crippen LogP) is 2.38. The number of urea groups is 1. The summed E-state index contributed by atoms with van der Waals surface area (Å²) in [5.41, 5.74) is 0.520. The number of ether oxygens (including phenoxy) is 2. The van der Waals surface area contributed by atoms with Gasteiger partial charge in [0.1, 0.15) is 5.75 Å². The summed E-state index contributed by atoms with van der Waals surface area (Å²) in [5.74, 6) is -0.330. The van der Waals surface area contributed by atoms with E-state index >= 15 is 0 Å². The Morgan fingerprint density at radius 2 is 2.26 bits per heavy atom. The van der Waals surface area contributed by atoms with Gasteiger partial charge in [0, 0.05) is 24.7 Å². The van der Waals surface area contributed by atoms with E-state index in [1.807, 2.05) is 6.92 Å². The van der Waals surface area contributed by atoms with Crippen molar-refractivity contribution in [2.75, 3.05) is 51.8 Å². The van der Waals surface area contributed by atoms with Crippen LogP contribution < -0.4 is 10.1 Å². The Morgan fingerprint density at radius 1 is 1.48 bits per heavy atom. The molecule has 0 spiro atoms. The second-order valence-corrected chi connectivity index (χ2v) is 6.88. The molecule has 1 saturated heterocycles. The van der Waals surface area contributed by atoms with Crippen LogP contribution in [0.15, 0.2) is 18.2 Å². The fourth-order valence-corrected chi connectivity index (χ4v) is 2.96. The van der Waals surface area contributed by atoms with Crippen molar-refractivity contribution in [3.8, 4) is 5.75 Å². The second-order valence-electron chi connectivity index (χ2n) is 6.45. The normalized spacial score (nSPS) is 17.0. The van der Waals surface area contributed by atoms with E-state index in [0.29, 0.717) is 49.3 Å². The summed E-state index contributed by atoms with van der Waals surface area (Å²) in [6.07, 6.45) is 0.606. The molecule has 2 amide bonds. The molecule has 1 aromatic carbocycles. The molecule has 0 saturated carbocycles. The molecule has 0 radical (unpaired) electrons. The molecule has 2 rings (SSSR count). The third-order valence-corrected chi connectivity index (χ3v) is 4.23. The van der Waals surface area contributed by atoms with Gasteiger partial charge < -0.3 is 24.8 Å². The van der Waals surface area contributed by atoms with Gasteiger partial charge in [0.2, 0.25) is 0 Å². The topological polar surface area (TPSA) is 91.3 Å². The summed E-state index contributed by atoms with van der Waals surface area (Å²) in [6, 6.07) is 4.83. The summed E-state index contributed by atoms with van der Waals surface area (Å²) < 4.78 is 11.3. The number of anilines is 1. The van der Waals surface area contributed by atoms with E-state index in [1.54, 1.807) is 35.0 Å². The number of benzene rings is 1. The van der Waals surface area contributed by atoms with Crippen LogP contribution in [0.5, 0.6) is 5.75 Å². The van der Waals surface area contributed by atoms with Gasteiger partial charge in [-0.1, -0.05) is 18.5 Å². The number of nitrogens with zero attached hydrogens (tertiary/aromatic N) is 2. The lowest BCUT2D eigenvalue weighted by atomic mass is 10.2. The lowest BCUT2D eigenvalue weighted by molar-refractivity contribution is -0.138. The smallest absolute Gasteiger partial charge is 0.322 e. The zero-order valence-electron chi connectivity index (χ0n) is 15.6. The predicted molar refractivity (Wildman–Crippen MR) is 103 cm³/mol. The molecule has 2 N–H and O–H groups in total. The number of amides is 2. The first-order valence-electron chi connectivity index (χ1n) is 8.89. The molecule has 0 bridgehead atoms. The molecule has 1 aliphatic heterocycles. The van der Waals surface area contributed by atoms with Gasteiger partial charge >= 0.3 is 12.0 Å². The van der Waals surface area contributed by atoms with Gasteiger partial charge in [-0.15, -0.1) is 0 Å². The molecule has 1 aliphatic rings. The van der Waals surface area contributed by atoms with Gasteiger partial charge in [-0.25, -0.2) is 4.79 Å². The van der Waals surface area contributed by atoms with Gasteiger partial charge in [-0.2, -0.15) is 0 Å². The highest BCUT2D eigenvalue weighted by atomic mass is 35.5. The van der Waals surface area contributed by atoms with Crippen LogP contribution in [0.25, 0.3) is 0 Å². The zero-order valence-corrected chi connectivity index (χ0v) is 16.4. The number of carbonyl (C=O) groups is 2. The number of hydrogen-bond acceptors (Lipinski definition) is 5. The number of rotatable bonds is 8. The van der Waals surface area contributed by atoms with Gasteiger partial charge in [-0.3, -0.25) is 9.69 Å². The van der Waals surface area contributed by atoms with Gasteiger partial charge in [-0.05, 0) is 31.7 Å². The average Bonchev–Trinajstić information content (AvgIpc) is 2.60. The third kappa shape index (κ3) is 6.89. The minimum Gasteiger partial charge on any atom is -0.491 e. The largest absolute Gasteiger partial charge is 0.491 e. The Kier molecular flexibility index (Phi) is 8.15. The maximum atomic E-state index is 12.7. The molecule has 1 atom stereocenters. The first kappa shape index (κ1) is 21.3. The van der Waals surface area contributed by atoms with E-state index in [2.05, 4.69) is 5.32 Å². The summed E-state index contributed by atoms with van der Waals surface area (Å²) in [6.45, 7) is 4.13. The van der Waals surface area contributed by atoms with Crippen molar-refractivity contribution in [1.82, 2.24) is 9.80 Å². The molecule has 150 valence electrons. The van der Waals surface area contributed by atoms with Crippen LogP contribution in [0.2, 0.25) is 5.02 Å². The van der Waals surface area contributed by atoms with E-state index in [9.17, 15) is 9.59 Å². The van der Waals surface area contributed by atoms with Crippen LogP contribution in [-0.4, -0.2) is 79.5 Å². The molecule has 0 aromatic heterocycles. The Labute approximate surface area is 164 Å². The number of hydrogen-bond donors (Lipinski definition) is 2. The van der Waals surface area contributed by atoms with Crippen molar-refractivity contribution in [3.63, 3.8) is 0 Å². The zero-order chi connectivity index (χ0) is 19.8. The molecule has 27 heavy (non-hydrogen) atoms. The molecular formula is C18H26ClN3O5. The van der Waals surface area contributed by atoms with Crippen molar-refractivity contribution in [3.05, 3.63) is 23.2 Å². The maximum absolute atomic E-state index is 12.7. The van der Waals surface area contributed by atoms with Crippen molar-refractivity contribution < 1.29 is 24.2 Å². The number of carboxylic acids is 1. The first-order chi connectivity index (χ1) is 12.9. The van der Waals surface area contributed by atoms with E-state index < -0.39 is 5.97 Å². The Morgan fingerprint density at radius 3 is 2.96 bits per heavy atom. The van der Waals surface area contributed by atoms with Crippen molar-refractivity contribution in [2.24, 2.45) is 0 Å². The van der Waals surface area contributed by atoms with Crippen LogP contribution in [0.3, 0.4) is 0 Å². The standard InChI is InChI=1S/C18H26ClN3O5/c1-3-7-27-16-5-4-13(19)9-15(16)20-18(25)22-6-8-26-14(11-22)10-21(2)12-17(23)24/h4-5,9,14H,3,6-8,10-12H2,1-2H3,(H,20,25)(H,23,24). The molecule has 0 aliphatic carbocycles. The minimum atomic E-state index is -0.900. The van der Waals surface area contributed by atoms with Crippen LogP contribution in [-0.2, 0) is 9.53 Å². The lowest BCUT2D eigenvalue weighted by Crippen LogP contribution is -2.50. The van der Waals surface area contributed by atoms with E-state index in [4.69, 9.17) is 26.2 Å². The number of likely N-dealkylation sites (N-methyl/N-ethyl adjacent to an activating group) is 1. The monoisotopic (exact) mass is 399 g/mol. The van der Waals surface area contributed by atoms with Crippen molar-refractivity contribution in [2.45, 2.75) is 19.4 Å². The SMILES string of the molecule is CCCOc1ccc(Cl)cc1NC(=O)N1CCOC(CN(C)CC(=O)O)C1. The number of morpholine rings is 1. The summed E-state index contributed by atoms with van der Waals surface area (Å²) in [7, 11) is 1.71. The molecular weight excluding hydrogens is 374 g/mol. The molecule has 1 fully saturated rings. The highest BCUT2D eigenvalue weighted by Gasteiger charge is 2.26. The Balaban J connectivity index is 1.97. The molecule has 8 nitrogen and oxygen atoms in total. The number of carboxylic acid groups (broad SMARTS) is 1. The van der Waals surface area contributed by atoms with Crippen LogP contribution >= 0.6 is 11.6 Å². The van der Waals surface area contributed by atoms with E-state index in [-0.39, 0.29) is 18.7 Å². The number of carbonyl (C=O) groups excluding carboxylic acids is 1. The third-order valence-electron chi connectivity index (χ3n) is 3.99. The van der Waals surface area contributed by atoms with Crippen molar-refractivity contribution >= 4 is 29.3 Å². The number of nitrogens with one attached hydrogen (secondary N) is 1. The molecule has 9 heteroatoms. The van der Waals surface area contributed by atoms with Crippen molar-refractivity contribution in [1.29, 1.82) is 0 Å². The fourth-order valence-electron chi connectivity index (χ4n) is 2.79. The quantitative estimate of drug-likeness (QED) is 0.697. The van der Waals surface area contributed by atoms with Gasteiger partial charge in [0.25, 0.3) is 0 Å². The Hall–Kier alpha value is -2.03. The summed E-state index contributed by atoms with van der Waals surface area (Å²) in [5, 5.41) is 12.2. The van der Waals surface area contributed by atoms with Crippen LogP contribution in [0, 0.1) is 0 Å². The van der Waals surface area contributed by atoms with Crippen LogP contribution in [0.4, 0.5) is 10.5 Å². The highest BCUT2D eigenvalue weighted by Crippen LogP contribution is 2.28. The summed E-state index contributed by atoms with van der Waals surface area (Å²) in [4.78, 5) is 26.7. The number of aliphatic carboxylic acids is 1. The van der Waals surface area contributed by atoms with Gasteiger partial charge in [0.05, 0.1) is 31.5 Å². The Bertz CT molecular complexity index is 658. The first-order valence-corrected chi connectivity index (χ1v) is 9.27. The summed E-state index contributed by atoms with van der Waals surface area (Å²) >= 11 is 6.05. The highest BCUT2D eigenvalue weighted by molar-refractivity contribution is 6.31. The fraction of sp³-hybridized carbons (Fsp3) is 0.556. The average molecular weight is 400 g/mol. The maximum Gasteiger partial charge on any atom is 0.322 e.